The molecule has 0 bridgehead atoms. The predicted octanol–water partition coefficient (Wildman–Crippen LogP) is 2.59. The quantitative estimate of drug-likeness (QED) is 0.927. The standard InChI is InChI=1S/C14H18BrNO/c15-13-4-2-1-3-11(13)9-14(17)7-8-16(10-14)12-5-6-12/h1-4,12,17H,5-10H2. The van der Waals surface area contributed by atoms with Gasteiger partial charge in [0.15, 0.2) is 0 Å². The Morgan fingerprint density at radius 3 is 2.82 bits per heavy atom. The first kappa shape index (κ1) is 11.7. The molecule has 1 saturated carbocycles. The highest BCUT2D eigenvalue weighted by molar-refractivity contribution is 9.10. The highest BCUT2D eigenvalue weighted by atomic mass is 79.9. The van der Waals surface area contributed by atoms with Crippen LogP contribution in [0.2, 0.25) is 0 Å². The second-order valence-corrected chi connectivity index (χ2v) is 6.30. The third kappa shape index (κ3) is 2.56. The number of benzene rings is 1. The summed E-state index contributed by atoms with van der Waals surface area (Å²) < 4.78 is 1.11. The summed E-state index contributed by atoms with van der Waals surface area (Å²) in [5.74, 6) is 0. The van der Waals surface area contributed by atoms with Crippen molar-refractivity contribution in [2.24, 2.45) is 0 Å². The van der Waals surface area contributed by atoms with E-state index in [2.05, 4.69) is 26.9 Å². The molecule has 1 aliphatic carbocycles. The van der Waals surface area contributed by atoms with E-state index in [1.807, 2.05) is 18.2 Å². The molecular formula is C14H18BrNO. The third-order valence-electron chi connectivity index (χ3n) is 3.90. The molecule has 1 aromatic rings. The molecule has 3 heteroatoms. The summed E-state index contributed by atoms with van der Waals surface area (Å²) in [6.45, 7) is 1.91. The lowest BCUT2D eigenvalue weighted by atomic mass is 9.94. The van der Waals surface area contributed by atoms with Crippen LogP contribution in [-0.4, -0.2) is 34.7 Å². The van der Waals surface area contributed by atoms with Crippen molar-refractivity contribution in [3.8, 4) is 0 Å². The fourth-order valence-electron chi connectivity index (χ4n) is 2.78. The lowest BCUT2D eigenvalue weighted by Crippen LogP contribution is -2.36. The van der Waals surface area contributed by atoms with Crippen molar-refractivity contribution in [3.05, 3.63) is 34.3 Å². The van der Waals surface area contributed by atoms with E-state index in [-0.39, 0.29) is 0 Å². The minimum absolute atomic E-state index is 0.521. The molecule has 1 N–H and O–H groups in total. The van der Waals surface area contributed by atoms with E-state index < -0.39 is 5.60 Å². The molecule has 0 spiro atoms. The summed E-state index contributed by atoms with van der Waals surface area (Å²) in [6, 6.07) is 8.97. The van der Waals surface area contributed by atoms with Crippen molar-refractivity contribution >= 4 is 15.9 Å². The Kier molecular flexibility index (Phi) is 3.01. The van der Waals surface area contributed by atoms with Gasteiger partial charge in [0.25, 0.3) is 0 Å². The fraction of sp³-hybridized carbons (Fsp3) is 0.571. The first-order valence-corrected chi connectivity index (χ1v) is 7.15. The van der Waals surface area contributed by atoms with Gasteiger partial charge in [-0.15, -0.1) is 0 Å². The van der Waals surface area contributed by atoms with Crippen LogP contribution in [0.15, 0.2) is 28.7 Å². The van der Waals surface area contributed by atoms with Crippen LogP contribution in [0.1, 0.15) is 24.8 Å². The molecule has 3 rings (SSSR count). The van der Waals surface area contributed by atoms with Gasteiger partial charge in [-0.25, -0.2) is 0 Å². The predicted molar refractivity (Wildman–Crippen MR) is 72.0 cm³/mol. The number of nitrogens with zero attached hydrogens (tertiary/aromatic N) is 1. The van der Waals surface area contributed by atoms with E-state index in [4.69, 9.17) is 0 Å². The van der Waals surface area contributed by atoms with Gasteiger partial charge >= 0.3 is 0 Å². The number of likely N-dealkylation sites (tertiary alicyclic amines) is 1. The molecule has 2 nitrogen and oxygen atoms in total. The molecule has 1 unspecified atom stereocenters. The Morgan fingerprint density at radius 1 is 1.35 bits per heavy atom. The normalized spacial score (nSPS) is 29.8. The van der Waals surface area contributed by atoms with E-state index in [1.54, 1.807) is 0 Å². The Labute approximate surface area is 111 Å². The van der Waals surface area contributed by atoms with Crippen LogP contribution in [0.3, 0.4) is 0 Å². The van der Waals surface area contributed by atoms with Gasteiger partial charge in [0, 0.05) is 30.0 Å². The maximum absolute atomic E-state index is 10.7. The van der Waals surface area contributed by atoms with Crippen molar-refractivity contribution in [3.63, 3.8) is 0 Å². The average molecular weight is 296 g/mol. The van der Waals surface area contributed by atoms with Crippen LogP contribution < -0.4 is 0 Å². The summed E-state index contributed by atoms with van der Waals surface area (Å²) in [6.07, 6.45) is 4.32. The molecule has 0 radical (unpaired) electrons. The molecule has 2 aliphatic rings. The van der Waals surface area contributed by atoms with Crippen molar-refractivity contribution in [2.75, 3.05) is 13.1 Å². The second-order valence-electron chi connectivity index (χ2n) is 5.44. The minimum Gasteiger partial charge on any atom is -0.388 e. The monoisotopic (exact) mass is 295 g/mol. The van der Waals surface area contributed by atoms with Gasteiger partial charge < -0.3 is 5.11 Å². The number of β-amino-alcohol motifs (C(OH)–C–C–N with tert-alkyl or cyclic N) is 1. The second kappa shape index (κ2) is 4.38. The molecule has 1 atom stereocenters. The van der Waals surface area contributed by atoms with Crippen molar-refractivity contribution < 1.29 is 5.11 Å². The SMILES string of the molecule is OC1(Cc2ccccc2Br)CCN(C2CC2)C1. The average Bonchev–Trinajstić information content (AvgIpc) is 3.07. The third-order valence-corrected chi connectivity index (χ3v) is 4.68. The van der Waals surface area contributed by atoms with Crippen molar-refractivity contribution in [1.82, 2.24) is 4.90 Å². The molecule has 1 saturated heterocycles. The minimum atomic E-state index is -0.521. The first-order chi connectivity index (χ1) is 8.16. The Balaban J connectivity index is 1.70. The van der Waals surface area contributed by atoms with Gasteiger partial charge in [0.1, 0.15) is 0 Å². The number of rotatable bonds is 3. The molecular weight excluding hydrogens is 278 g/mol. The van der Waals surface area contributed by atoms with Crippen LogP contribution in [0.5, 0.6) is 0 Å². The highest BCUT2D eigenvalue weighted by Gasteiger charge is 2.42. The number of hydrogen-bond acceptors (Lipinski definition) is 2. The van der Waals surface area contributed by atoms with Gasteiger partial charge in [-0.2, -0.15) is 0 Å². The molecule has 0 amide bonds. The maximum Gasteiger partial charge on any atom is 0.0826 e. The van der Waals surface area contributed by atoms with Crippen molar-refractivity contribution in [2.45, 2.75) is 37.3 Å². The highest BCUT2D eigenvalue weighted by Crippen LogP contribution is 2.35. The zero-order valence-electron chi connectivity index (χ0n) is 9.90. The molecule has 2 fully saturated rings. The summed E-state index contributed by atoms with van der Waals surface area (Å²) in [5.41, 5.74) is 0.694. The molecule has 1 heterocycles. The zero-order chi connectivity index (χ0) is 11.9. The summed E-state index contributed by atoms with van der Waals surface area (Å²) in [7, 11) is 0. The van der Waals surface area contributed by atoms with Crippen LogP contribution >= 0.6 is 15.9 Å². The number of hydrogen-bond donors (Lipinski definition) is 1. The van der Waals surface area contributed by atoms with Gasteiger partial charge in [0.05, 0.1) is 5.60 Å². The van der Waals surface area contributed by atoms with Gasteiger partial charge in [-0.05, 0) is 30.9 Å². The summed E-state index contributed by atoms with van der Waals surface area (Å²) in [5, 5.41) is 10.7. The van der Waals surface area contributed by atoms with E-state index >= 15 is 0 Å². The lowest BCUT2D eigenvalue weighted by molar-refractivity contribution is 0.0486. The van der Waals surface area contributed by atoms with E-state index in [1.165, 1.54) is 18.4 Å². The smallest absolute Gasteiger partial charge is 0.0826 e. The van der Waals surface area contributed by atoms with E-state index in [0.717, 1.165) is 36.4 Å². The topological polar surface area (TPSA) is 23.5 Å². The number of halogens is 1. The summed E-state index contributed by atoms with van der Waals surface area (Å²) in [4.78, 5) is 2.46. The lowest BCUT2D eigenvalue weighted by Gasteiger charge is -2.24. The maximum atomic E-state index is 10.7. The van der Waals surface area contributed by atoms with Gasteiger partial charge in [-0.1, -0.05) is 34.1 Å². The zero-order valence-corrected chi connectivity index (χ0v) is 11.5. The van der Waals surface area contributed by atoms with E-state index in [9.17, 15) is 5.11 Å². The molecule has 0 aromatic heterocycles. The molecule has 1 aromatic carbocycles. The molecule has 92 valence electrons. The largest absolute Gasteiger partial charge is 0.388 e. The Bertz CT molecular complexity index is 418. The fourth-order valence-corrected chi connectivity index (χ4v) is 3.20. The number of aliphatic hydroxyl groups is 1. The first-order valence-electron chi connectivity index (χ1n) is 6.36. The van der Waals surface area contributed by atoms with Gasteiger partial charge in [0.2, 0.25) is 0 Å². The van der Waals surface area contributed by atoms with Crippen LogP contribution in [0.25, 0.3) is 0 Å². The molecule has 1 aliphatic heterocycles. The van der Waals surface area contributed by atoms with Gasteiger partial charge in [-0.3, -0.25) is 4.90 Å². The Hall–Kier alpha value is -0.380. The summed E-state index contributed by atoms with van der Waals surface area (Å²) >= 11 is 3.56. The Morgan fingerprint density at radius 2 is 2.12 bits per heavy atom. The molecule has 17 heavy (non-hydrogen) atoms. The van der Waals surface area contributed by atoms with Crippen molar-refractivity contribution in [1.29, 1.82) is 0 Å². The van der Waals surface area contributed by atoms with Crippen LogP contribution in [0, 0.1) is 0 Å². The van der Waals surface area contributed by atoms with E-state index in [0.29, 0.717) is 0 Å². The van der Waals surface area contributed by atoms with Crippen LogP contribution in [0.4, 0.5) is 0 Å². The van der Waals surface area contributed by atoms with Crippen LogP contribution in [-0.2, 0) is 6.42 Å².